The van der Waals surface area contributed by atoms with Crippen LogP contribution in [0, 0.1) is 0 Å². The van der Waals surface area contributed by atoms with E-state index in [2.05, 4.69) is 49.3 Å². The van der Waals surface area contributed by atoms with E-state index < -0.39 is 5.91 Å². The predicted molar refractivity (Wildman–Crippen MR) is 101 cm³/mol. The Balaban J connectivity index is 1.83. The molecule has 132 valence electrons. The van der Waals surface area contributed by atoms with E-state index in [1.54, 1.807) is 18.3 Å². The molecule has 0 fully saturated rings. The Labute approximate surface area is 152 Å². The third-order valence-electron chi connectivity index (χ3n) is 4.87. The first-order valence-electron chi connectivity index (χ1n) is 8.24. The van der Waals surface area contributed by atoms with Gasteiger partial charge in [-0.1, -0.05) is 18.5 Å². The van der Waals surface area contributed by atoms with Gasteiger partial charge in [0.15, 0.2) is 5.76 Å². The van der Waals surface area contributed by atoms with Gasteiger partial charge in [0.25, 0.3) is 0 Å². The topological polar surface area (TPSA) is 57.8 Å². The van der Waals surface area contributed by atoms with Gasteiger partial charge in [-0.05, 0) is 56.0 Å². The lowest BCUT2D eigenvalue weighted by atomic mass is 9.80. The molecule has 3 rings (SSSR count). The average molecular weight is 360 g/mol. The predicted octanol–water partition coefficient (Wildman–Crippen LogP) is 4.42. The van der Waals surface area contributed by atoms with Crippen molar-refractivity contribution in [2.75, 3.05) is 11.9 Å². The zero-order valence-electron chi connectivity index (χ0n) is 14.8. The number of carbonyl (C=O) groups is 1. The van der Waals surface area contributed by atoms with Crippen molar-refractivity contribution in [3.05, 3.63) is 52.4 Å². The highest BCUT2D eigenvalue weighted by Crippen LogP contribution is 2.44. The fraction of sp³-hybridized carbons (Fsp3) is 0.368. The van der Waals surface area contributed by atoms with Crippen LogP contribution in [0.2, 0.25) is 5.02 Å². The van der Waals surface area contributed by atoms with Gasteiger partial charge >= 0.3 is 5.91 Å². The summed E-state index contributed by atoms with van der Waals surface area (Å²) in [6, 6.07) is 7.26. The van der Waals surface area contributed by atoms with Crippen LogP contribution >= 0.6 is 11.6 Å². The summed E-state index contributed by atoms with van der Waals surface area (Å²) in [6.07, 6.45) is 4.07. The Kier molecular flexibility index (Phi) is 4.60. The van der Waals surface area contributed by atoms with Crippen molar-refractivity contribution in [2.24, 2.45) is 5.10 Å². The highest BCUT2D eigenvalue weighted by molar-refractivity contribution is 6.33. The highest BCUT2D eigenvalue weighted by atomic mass is 35.5. The van der Waals surface area contributed by atoms with Gasteiger partial charge in [0.2, 0.25) is 0 Å². The van der Waals surface area contributed by atoms with E-state index >= 15 is 0 Å². The molecule has 0 saturated carbocycles. The molecule has 2 heterocycles. The summed E-state index contributed by atoms with van der Waals surface area (Å²) < 4.78 is 5.02. The summed E-state index contributed by atoms with van der Waals surface area (Å²) in [7, 11) is 2.10. The van der Waals surface area contributed by atoms with E-state index in [9.17, 15) is 4.79 Å². The van der Waals surface area contributed by atoms with Crippen LogP contribution in [0.1, 0.15) is 54.8 Å². The molecule has 1 atom stereocenters. The summed E-state index contributed by atoms with van der Waals surface area (Å²) in [5, 5.41) is 4.60. The minimum atomic E-state index is -0.398. The monoisotopic (exact) mass is 359 g/mol. The van der Waals surface area contributed by atoms with Crippen LogP contribution in [-0.4, -0.2) is 24.7 Å². The van der Waals surface area contributed by atoms with Gasteiger partial charge < -0.3 is 9.32 Å². The Morgan fingerprint density at radius 2 is 2.24 bits per heavy atom. The number of hydrogen-bond acceptors (Lipinski definition) is 4. The SMILES string of the molecule is CC1CC(C)(C)N(C)c2cc(Cl)c(/C=N\NC(=O)c3ccco3)cc21. The first-order chi connectivity index (χ1) is 11.8. The Hall–Kier alpha value is -2.27. The molecule has 0 bridgehead atoms. The molecule has 1 aliphatic rings. The lowest BCUT2D eigenvalue weighted by Crippen LogP contribution is -2.45. The molecule has 0 radical (unpaired) electrons. The van der Waals surface area contributed by atoms with Crippen LogP contribution in [0.4, 0.5) is 5.69 Å². The fourth-order valence-corrected chi connectivity index (χ4v) is 3.53. The molecule has 25 heavy (non-hydrogen) atoms. The van der Waals surface area contributed by atoms with Crippen molar-refractivity contribution in [1.29, 1.82) is 0 Å². The zero-order chi connectivity index (χ0) is 18.2. The average Bonchev–Trinajstić information content (AvgIpc) is 3.08. The first-order valence-corrected chi connectivity index (χ1v) is 8.61. The van der Waals surface area contributed by atoms with Crippen LogP contribution in [0.5, 0.6) is 0 Å². The minimum Gasteiger partial charge on any atom is -0.459 e. The maximum Gasteiger partial charge on any atom is 0.307 e. The smallest absolute Gasteiger partial charge is 0.307 e. The molecule has 1 unspecified atom stereocenters. The van der Waals surface area contributed by atoms with Gasteiger partial charge in [-0.2, -0.15) is 5.10 Å². The van der Waals surface area contributed by atoms with Gasteiger partial charge in [-0.3, -0.25) is 4.79 Å². The quantitative estimate of drug-likeness (QED) is 0.652. The molecular formula is C19H22ClN3O2. The Morgan fingerprint density at radius 1 is 1.48 bits per heavy atom. The second-order valence-electron chi connectivity index (χ2n) is 7.09. The normalized spacial score (nSPS) is 19.1. The number of amides is 1. The van der Waals surface area contributed by atoms with Gasteiger partial charge in [0, 0.05) is 23.8 Å². The zero-order valence-corrected chi connectivity index (χ0v) is 15.6. The maximum absolute atomic E-state index is 11.8. The maximum atomic E-state index is 11.8. The minimum absolute atomic E-state index is 0.0857. The molecule has 1 N–H and O–H groups in total. The van der Waals surface area contributed by atoms with E-state index in [-0.39, 0.29) is 11.3 Å². The standard InChI is InChI=1S/C19H22ClN3O2/c1-12-10-19(2,3)23(4)16-9-15(20)13(8-14(12)16)11-21-22-18(24)17-6-5-7-25-17/h5-9,11-12H,10H2,1-4H3,(H,22,24)/b21-11-. The summed E-state index contributed by atoms with van der Waals surface area (Å²) in [5.74, 6) is 0.236. The van der Waals surface area contributed by atoms with Gasteiger partial charge in [-0.15, -0.1) is 0 Å². The molecule has 6 heteroatoms. The number of rotatable bonds is 3. The van der Waals surface area contributed by atoms with E-state index in [1.807, 2.05) is 6.07 Å². The molecule has 5 nitrogen and oxygen atoms in total. The van der Waals surface area contributed by atoms with Crippen molar-refractivity contribution in [3.8, 4) is 0 Å². The molecule has 0 spiro atoms. The number of halogens is 1. The Morgan fingerprint density at radius 3 is 2.92 bits per heavy atom. The summed E-state index contributed by atoms with van der Waals surface area (Å²) in [5.41, 5.74) is 5.69. The van der Waals surface area contributed by atoms with E-state index in [0.717, 1.165) is 17.7 Å². The van der Waals surface area contributed by atoms with Crippen molar-refractivity contribution in [2.45, 2.75) is 38.6 Å². The second kappa shape index (κ2) is 6.56. The summed E-state index contributed by atoms with van der Waals surface area (Å²) in [4.78, 5) is 14.1. The Bertz CT molecular complexity index is 812. The fourth-order valence-electron chi connectivity index (χ4n) is 3.33. The lowest BCUT2D eigenvalue weighted by molar-refractivity contribution is 0.0927. The number of hydrogen-bond donors (Lipinski definition) is 1. The summed E-state index contributed by atoms with van der Waals surface area (Å²) in [6.45, 7) is 6.70. The van der Waals surface area contributed by atoms with Crippen molar-refractivity contribution < 1.29 is 9.21 Å². The number of anilines is 1. The number of furan rings is 1. The lowest BCUT2D eigenvalue weighted by Gasteiger charge is -2.45. The van der Waals surface area contributed by atoms with Crippen LogP contribution in [0.25, 0.3) is 0 Å². The largest absolute Gasteiger partial charge is 0.459 e. The number of carbonyl (C=O) groups excluding carboxylic acids is 1. The molecule has 0 saturated heterocycles. The van der Waals surface area contributed by atoms with Crippen LogP contribution in [-0.2, 0) is 0 Å². The number of hydrazone groups is 1. The third-order valence-corrected chi connectivity index (χ3v) is 5.19. The molecular weight excluding hydrogens is 338 g/mol. The molecule has 2 aromatic rings. The van der Waals surface area contributed by atoms with Gasteiger partial charge in [0.1, 0.15) is 0 Å². The molecule has 0 aliphatic carbocycles. The van der Waals surface area contributed by atoms with Crippen molar-refractivity contribution in [1.82, 2.24) is 5.43 Å². The van der Waals surface area contributed by atoms with Crippen molar-refractivity contribution in [3.63, 3.8) is 0 Å². The number of benzene rings is 1. The molecule has 1 aromatic carbocycles. The molecule has 1 amide bonds. The first kappa shape index (κ1) is 17.5. The third kappa shape index (κ3) is 3.42. The number of nitrogens with zero attached hydrogens (tertiary/aromatic N) is 2. The highest BCUT2D eigenvalue weighted by Gasteiger charge is 2.34. The summed E-state index contributed by atoms with van der Waals surface area (Å²) >= 11 is 6.43. The number of nitrogens with one attached hydrogen (secondary N) is 1. The second-order valence-corrected chi connectivity index (χ2v) is 7.49. The molecule has 1 aromatic heterocycles. The van der Waals surface area contributed by atoms with Gasteiger partial charge in [-0.25, -0.2) is 5.43 Å². The van der Waals surface area contributed by atoms with Crippen LogP contribution in [0.15, 0.2) is 40.0 Å². The van der Waals surface area contributed by atoms with E-state index in [1.165, 1.54) is 11.8 Å². The van der Waals surface area contributed by atoms with Gasteiger partial charge in [0.05, 0.1) is 17.5 Å². The van der Waals surface area contributed by atoms with E-state index in [0.29, 0.717) is 10.9 Å². The van der Waals surface area contributed by atoms with Crippen LogP contribution in [0.3, 0.4) is 0 Å². The van der Waals surface area contributed by atoms with Crippen molar-refractivity contribution >= 4 is 29.4 Å². The van der Waals surface area contributed by atoms with Crippen LogP contribution < -0.4 is 10.3 Å². The number of fused-ring (bicyclic) bond motifs is 1. The van der Waals surface area contributed by atoms with E-state index in [4.69, 9.17) is 16.0 Å². The molecule has 1 aliphatic heterocycles.